The van der Waals surface area contributed by atoms with Crippen LogP contribution in [-0.4, -0.2) is 75.5 Å². The molecule has 0 aromatic heterocycles. The predicted octanol–water partition coefficient (Wildman–Crippen LogP) is 9.35. The molecule has 0 fully saturated rings. The van der Waals surface area contributed by atoms with E-state index in [1.807, 2.05) is 72.9 Å². The van der Waals surface area contributed by atoms with Gasteiger partial charge in [-0.05, 0) is 64.2 Å². The first-order chi connectivity index (χ1) is 26.6. The highest BCUT2D eigenvalue weighted by Gasteiger charge is 2.25. The van der Waals surface area contributed by atoms with E-state index in [1.54, 1.807) is 21.1 Å². The summed E-state index contributed by atoms with van der Waals surface area (Å²) in [6.07, 6.45) is 50.8. The van der Waals surface area contributed by atoms with Crippen LogP contribution < -0.4 is 5.11 Å². The fourth-order valence-electron chi connectivity index (χ4n) is 4.95. The zero-order chi connectivity index (χ0) is 40.7. The molecule has 306 valence electrons. The fourth-order valence-corrected chi connectivity index (χ4v) is 4.95. The minimum absolute atomic E-state index is 0.000302. The molecule has 0 heterocycles. The van der Waals surface area contributed by atoms with Crippen LogP contribution in [0.4, 0.5) is 0 Å². The van der Waals surface area contributed by atoms with Gasteiger partial charge in [-0.2, -0.15) is 0 Å². The van der Waals surface area contributed by atoms with Gasteiger partial charge >= 0.3 is 11.9 Å². The molecule has 0 saturated heterocycles. The number of rotatable bonds is 33. The number of hydrogen-bond donors (Lipinski definition) is 0. The lowest BCUT2D eigenvalue weighted by atomic mass is 10.1. The molecule has 2 unspecified atom stereocenters. The Morgan fingerprint density at radius 1 is 0.564 bits per heavy atom. The molecule has 0 bridgehead atoms. The maximum atomic E-state index is 12.7. The van der Waals surface area contributed by atoms with Gasteiger partial charge in [0.2, 0.25) is 0 Å². The molecule has 0 spiro atoms. The first kappa shape index (κ1) is 50.7. The smallest absolute Gasteiger partial charge is 0.306 e. The Hall–Kier alpha value is -4.27. The van der Waals surface area contributed by atoms with Crippen LogP contribution in [-0.2, 0) is 28.6 Å². The monoisotopic (exact) mass is 762 g/mol. The molecule has 8 heteroatoms. The molecule has 0 amide bonds. The van der Waals surface area contributed by atoms with Gasteiger partial charge in [-0.3, -0.25) is 9.59 Å². The molecule has 0 aromatic rings. The van der Waals surface area contributed by atoms with Gasteiger partial charge in [0.25, 0.3) is 0 Å². The van der Waals surface area contributed by atoms with Crippen molar-refractivity contribution < 1.29 is 38.2 Å². The molecule has 0 aliphatic rings. The number of ether oxygens (including phenoxy) is 3. The number of hydrogen-bond acceptors (Lipinski definition) is 7. The molecule has 0 saturated carbocycles. The predicted molar refractivity (Wildman–Crippen MR) is 226 cm³/mol. The Kier molecular flexibility index (Phi) is 33.8. The van der Waals surface area contributed by atoms with Crippen molar-refractivity contribution in [2.45, 2.75) is 116 Å². The molecule has 0 aliphatic heterocycles. The van der Waals surface area contributed by atoms with E-state index >= 15 is 0 Å². The van der Waals surface area contributed by atoms with Crippen molar-refractivity contribution in [1.82, 2.24) is 0 Å². The Morgan fingerprint density at radius 3 is 1.64 bits per heavy atom. The van der Waals surface area contributed by atoms with E-state index in [0.29, 0.717) is 12.8 Å². The van der Waals surface area contributed by atoms with Gasteiger partial charge in [0.15, 0.2) is 6.10 Å². The molecule has 0 rings (SSSR count). The Bertz CT molecular complexity index is 1300. The molecule has 55 heavy (non-hydrogen) atoms. The summed E-state index contributed by atoms with van der Waals surface area (Å²) in [5.74, 6) is -1.87. The van der Waals surface area contributed by atoms with Crippen molar-refractivity contribution in [3.05, 3.63) is 122 Å². The zero-order valence-corrected chi connectivity index (χ0v) is 34.5. The topological polar surface area (TPSA) is 102 Å². The number of carbonyl (C=O) groups excluding carboxylic acids is 3. The fraction of sp³-hybridized carbons (Fsp3) is 0.511. The summed E-state index contributed by atoms with van der Waals surface area (Å²) in [6, 6.07) is -0.748. The summed E-state index contributed by atoms with van der Waals surface area (Å²) in [7, 11) is 5.35. The lowest BCUT2D eigenvalue weighted by molar-refractivity contribution is -0.889. The Balaban J connectivity index is 4.60. The van der Waals surface area contributed by atoms with Gasteiger partial charge < -0.3 is 28.6 Å². The number of nitrogens with zero attached hydrogens (tertiary/aromatic N) is 1. The third-order valence-corrected chi connectivity index (χ3v) is 8.04. The Morgan fingerprint density at radius 2 is 1.05 bits per heavy atom. The number of allylic oxidation sites excluding steroid dienone is 20. The first-order valence-electron chi connectivity index (χ1n) is 20.2. The molecule has 0 N–H and O–H groups in total. The maximum absolute atomic E-state index is 12.7. The van der Waals surface area contributed by atoms with Crippen molar-refractivity contribution >= 4 is 17.9 Å². The summed E-state index contributed by atoms with van der Waals surface area (Å²) in [5.41, 5.74) is 0. The van der Waals surface area contributed by atoms with Crippen LogP contribution in [0.25, 0.3) is 0 Å². The number of quaternary nitrogens is 1. The van der Waals surface area contributed by atoms with E-state index in [-0.39, 0.29) is 55.5 Å². The summed E-state index contributed by atoms with van der Waals surface area (Å²) >= 11 is 0. The summed E-state index contributed by atoms with van der Waals surface area (Å²) in [5, 5.41) is 11.6. The zero-order valence-electron chi connectivity index (χ0n) is 34.5. The highest BCUT2D eigenvalue weighted by molar-refractivity contribution is 5.70. The van der Waals surface area contributed by atoms with Crippen molar-refractivity contribution in [3.63, 3.8) is 0 Å². The van der Waals surface area contributed by atoms with Crippen LogP contribution in [0, 0.1) is 0 Å². The minimum atomic E-state index is -1.15. The SMILES string of the molecule is CC/C=C/C=C/C=C/C=C/C=C/C=C/C=C/CCCCCC(=O)OC(COCCC(C(=O)[O-])[N+](C)(C)C)COC(=O)CCCC/C=C/C/C=C/C/C=C/CC. The summed E-state index contributed by atoms with van der Waals surface area (Å²) in [6.45, 7) is 4.26. The average molecular weight is 762 g/mol. The van der Waals surface area contributed by atoms with Crippen LogP contribution in [0.2, 0.25) is 0 Å². The molecule has 0 radical (unpaired) electrons. The lowest BCUT2D eigenvalue weighted by Gasteiger charge is -2.34. The average Bonchev–Trinajstić information content (AvgIpc) is 3.14. The second-order valence-corrected chi connectivity index (χ2v) is 13.9. The van der Waals surface area contributed by atoms with E-state index in [0.717, 1.165) is 57.8 Å². The van der Waals surface area contributed by atoms with Crippen molar-refractivity contribution in [2.75, 3.05) is 41.0 Å². The quantitative estimate of drug-likeness (QED) is 0.0216. The van der Waals surface area contributed by atoms with Gasteiger partial charge in [0.05, 0.1) is 40.3 Å². The van der Waals surface area contributed by atoms with E-state index < -0.39 is 18.1 Å². The number of likely N-dealkylation sites (N-methyl/N-ethyl adjacent to an activating group) is 1. The number of carboxylic acid groups (broad SMARTS) is 1. The molecule has 0 aliphatic carbocycles. The number of carbonyl (C=O) groups is 3. The Labute approximate surface area is 333 Å². The lowest BCUT2D eigenvalue weighted by Crippen LogP contribution is -2.55. The highest BCUT2D eigenvalue weighted by atomic mass is 16.6. The third kappa shape index (κ3) is 35.2. The number of esters is 2. The van der Waals surface area contributed by atoms with Gasteiger partial charge in [-0.1, -0.05) is 142 Å². The molecule has 0 aromatic carbocycles. The second-order valence-electron chi connectivity index (χ2n) is 13.9. The molecule has 8 nitrogen and oxygen atoms in total. The van der Waals surface area contributed by atoms with Crippen molar-refractivity contribution in [1.29, 1.82) is 0 Å². The largest absolute Gasteiger partial charge is 0.544 e. The number of aliphatic carboxylic acids is 1. The van der Waals surface area contributed by atoms with E-state index in [4.69, 9.17) is 14.2 Å². The van der Waals surface area contributed by atoms with E-state index in [9.17, 15) is 19.5 Å². The molecular formula is C47H71NO7. The van der Waals surface area contributed by atoms with Gasteiger partial charge in [0.1, 0.15) is 12.6 Å². The van der Waals surface area contributed by atoms with Crippen LogP contribution in [0.15, 0.2) is 122 Å². The van der Waals surface area contributed by atoms with E-state index in [2.05, 4.69) is 62.5 Å². The van der Waals surface area contributed by atoms with Gasteiger partial charge in [-0.25, -0.2) is 0 Å². The van der Waals surface area contributed by atoms with Gasteiger partial charge in [0, 0.05) is 19.3 Å². The van der Waals surface area contributed by atoms with Crippen molar-refractivity contribution in [2.24, 2.45) is 0 Å². The second kappa shape index (κ2) is 36.7. The summed E-state index contributed by atoms with van der Waals surface area (Å²) < 4.78 is 17.0. The third-order valence-electron chi connectivity index (χ3n) is 8.04. The van der Waals surface area contributed by atoms with Gasteiger partial charge in [-0.15, -0.1) is 0 Å². The van der Waals surface area contributed by atoms with E-state index in [1.165, 1.54) is 0 Å². The van der Waals surface area contributed by atoms with Crippen molar-refractivity contribution in [3.8, 4) is 0 Å². The minimum Gasteiger partial charge on any atom is -0.544 e. The van der Waals surface area contributed by atoms with Crippen LogP contribution in [0.5, 0.6) is 0 Å². The molecule has 2 atom stereocenters. The number of carboxylic acids is 1. The molecular weight excluding hydrogens is 691 g/mol. The van der Waals surface area contributed by atoms with Crippen LogP contribution in [0.1, 0.15) is 104 Å². The first-order valence-corrected chi connectivity index (χ1v) is 20.2. The number of unbranched alkanes of at least 4 members (excludes halogenated alkanes) is 5. The van der Waals surface area contributed by atoms with Crippen LogP contribution in [0.3, 0.4) is 0 Å². The summed E-state index contributed by atoms with van der Waals surface area (Å²) in [4.78, 5) is 36.7. The normalized spacial score (nSPS) is 14.3. The standard InChI is InChI=1S/C47H71NO7/c1-6-8-10-12-14-16-18-20-21-22-23-24-25-26-28-30-32-34-36-38-46(50)55-43(41-53-40-39-44(47(51)52)48(3,4)5)42-54-45(49)37-35-33-31-29-27-19-17-15-13-11-9-7-2/h8-12,14-18,20-29,43-44H,6-7,13,19,30-42H2,1-5H3/b10-8+,11-9+,14-12+,17-15+,18-16+,21-20+,23-22+,25-24+,28-26+,29-27+. The highest BCUT2D eigenvalue weighted by Crippen LogP contribution is 2.10. The van der Waals surface area contributed by atoms with Crippen LogP contribution >= 0.6 is 0 Å². The maximum Gasteiger partial charge on any atom is 0.306 e.